The Morgan fingerprint density at radius 2 is 1.93 bits per heavy atom. The predicted molar refractivity (Wildman–Crippen MR) is 104 cm³/mol. The van der Waals surface area contributed by atoms with Crippen LogP contribution < -0.4 is 11.1 Å². The second-order valence-electron chi connectivity index (χ2n) is 6.38. The molecule has 2 aromatic heterocycles. The van der Waals surface area contributed by atoms with E-state index >= 15 is 0 Å². The molecule has 0 bridgehead atoms. The Balaban J connectivity index is 1.87. The van der Waals surface area contributed by atoms with Crippen LogP contribution in [0, 0.1) is 23.0 Å². The lowest BCUT2D eigenvalue weighted by atomic mass is 10.2. The Morgan fingerprint density at radius 1 is 1.14 bits per heavy atom. The average Bonchev–Trinajstić information content (AvgIpc) is 3.07. The summed E-state index contributed by atoms with van der Waals surface area (Å²) in [5, 5.41) is 12.4. The zero-order chi connectivity index (χ0) is 20.5. The van der Waals surface area contributed by atoms with Crippen LogP contribution in [0.25, 0.3) is 16.7 Å². The molecule has 7 nitrogen and oxygen atoms in total. The number of hydrogen-bond acceptors (Lipinski definition) is 6. The number of nitrogens with two attached hydrogens (primary N) is 1. The average molecular weight is 391 g/mol. The fourth-order valence-electron chi connectivity index (χ4n) is 3.13. The first-order valence-electron chi connectivity index (χ1n) is 8.69. The first kappa shape index (κ1) is 18.3. The largest absolute Gasteiger partial charge is 0.382 e. The molecule has 0 spiro atoms. The van der Waals surface area contributed by atoms with Crippen LogP contribution in [0.1, 0.15) is 24.4 Å². The quantitative estimate of drug-likeness (QED) is 0.549. The minimum Gasteiger partial charge on any atom is -0.382 e. The summed E-state index contributed by atoms with van der Waals surface area (Å²) >= 11 is 0. The molecule has 1 atom stereocenters. The van der Waals surface area contributed by atoms with Gasteiger partial charge < -0.3 is 11.1 Å². The zero-order valence-corrected chi connectivity index (χ0v) is 15.3. The van der Waals surface area contributed by atoms with Crippen LogP contribution in [0.4, 0.5) is 20.4 Å². The zero-order valence-electron chi connectivity index (χ0n) is 15.3. The SMILES string of the molecule is C[C@H](Nc1ncnc(N)c1C#N)c1nc2ccc(F)cc2n1-c1cccc(F)c1. The molecular weight excluding hydrogens is 376 g/mol. The molecule has 0 saturated heterocycles. The van der Waals surface area contributed by atoms with Gasteiger partial charge in [0.25, 0.3) is 0 Å². The molecule has 0 aliphatic rings. The van der Waals surface area contributed by atoms with Gasteiger partial charge in [-0.2, -0.15) is 5.26 Å². The maximum atomic E-state index is 13.9. The van der Waals surface area contributed by atoms with Crippen molar-refractivity contribution in [3.8, 4) is 11.8 Å². The van der Waals surface area contributed by atoms with Crippen molar-refractivity contribution in [2.75, 3.05) is 11.1 Å². The summed E-state index contributed by atoms with van der Waals surface area (Å²) in [4.78, 5) is 12.5. The first-order valence-corrected chi connectivity index (χ1v) is 8.69. The number of nitrogen functional groups attached to an aromatic ring is 1. The number of anilines is 2. The molecule has 0 amide bonds. The van der Waals surface area contributed by atoms with Crippen LogP contribution in [0.3, 0.4) is 0 Å². The summed E-state index contributed by atoms with van der Waals surface area (Å²) in [7, 11) is 0. The molecule has 0 aliphatic carbocycles. The van der Waals surface area contributed by atoms with Gasteiger partial charge in [0.15, 0.2) is 0 Å². The number of hydrogen-bond donors (Lipinski definition) is 2. The van der Waals surface area contributed by atoms with Gasteiger partial charge in [-0.25, -0.2) is 23.7 Å². The summed E-state index contributed by atoms with van der Waals surface area (Å²) < 4.78 is 29.4. The highest BCUT2D eigenvalue weighted by Gasteiger charge is 2.21. The molecule has 0 radical (unpaired) electrons. The third kappa shape index (κ3) is 3.32. The monoisotopic (exact) mass is 391 g/mol. The van der Waals surface area contributed by atoms with Crippen LogP contribution in [0.15, 0.2) is 48.8 Å². The van der Waals surface area contributed by atoms with Crippen LogP contribution >= 0.6 is 0 Å². The Kier molecular flexibility index (Phi) is 4.52. The number of fused-ring (bicyclic) bond motifs is 1. The molecule has 0 saturated carbocycles. The lowest BCUT2D eigenvalue weighted by Gasteiger charge is -2.17. The predicted octanol–water partition coefficient (Wildman–Crippen LogP) is 3.72. The lowest BCUT2D eigenvalue weighted by Crippen LogP contribution is -2.15. The summed E-state index contributed by atoms with van der Waals surface area (Å²) in [5.41, 5.74) is 7.38. The van der Waals surface area contributed by atoms with Gasteiger partial charge in [0.05, 0.1) is 22.8 Å². The van der Waals surface area contributed by atoms with E-state index in [2.05, 4.69) is 20.3 Å². The van der Waals surface area contributed by atoms with Gasteiger partial charge in [-0.15, -0.1) is 0 Å². The van der Waals surface area contributed by atoms with Crippen molar-refractivity contribution >= 4 is 22.7 Å². The van der Waals surface area contributed by atoms with E-state index in [-0.39, 0.29) is 17.2 Å². The van der Waals surface area contributed by atoms with Crippen LogP contribution in [-0.2, 0) is 0 Å². The number of nitrogens with zero attached hydrogens (tertiary/aromatic N) is 5. The van der Waals surface area contributed by atoms with E-state index < -0.39 is 17.7 Å². The lowest BCUT2D eigenvalue weighted by molar-refractivity contribution is 0.625. The normalized spacial score (nSPS) is 11.9. The van der Waals surface area contributed by atoms with E-state index in [9.17, 15) is 14.0 Å². The van der Waals surface area contributed by atoms with E-state index in [0.717, 1.165) is 0 Å². The van der Waals surface area contributed by atoms with Gasteiger partial charge >= 0.3 is 0 Å². The van der Waals surface area contributed by atoms with Crippen molar-refractivity contribution in [3.05, 3.63) is 71.8 Å². The number of rotatable bonds is 4. The van der Waals surface area contributed by atoms with Crippen LogP contribution in [-0.4, -0.2) is 19.5 Å². The van der Waals surface area contributed by atoms with E-state index in [1.807, 2.05) is 6.07 Å². The highest BCUT2D eigenvalue weighted by molar-refractivity contribution is 5.78. The summed E-state index contributed by atoms with van der Waals surface area (Å²) in [6.07, 6.45) is 1.25. The van der Waals surface area contributed by atoms with Crippen molar-refractivity contribution in [1.29, 1.82) is 5.26 Å². The van der Waals surface area contributed by atoms with Gasteiger partial charge in [-0.05, 0) is 37.3 Å². The molecule has 0 aliphatic heterocycles. The molecule has 29 heavy (non-hydrogen) atoms. The molecule has 0 unspecified atom stereocenters. The Morgan fingerprint density at radius 3 is 2.69 bits per heavy atom. The Labute approximate surface area is 164 Å². The molecule has 9 heteroatoms. The number of nitriles is 1. The highest BCUT2D eigenvalue weighted by Crippen LogP contribution is 2.29. The van der Waals surface area contributed by atoms with Crippen molar-refractivity contribution < 1.29 is 8.78 Å². The number of aromatic nitrogens is 4. The minimum absolute atomic E-state index is 0.0536. The molecule has 0 fully saturated rings. The fourth-order valence-corrected chi connectivity index (χ4v) is 3.13. The number of benzene rings is 2. The van der Waals surface area contributed by atoms with E-state index in [0.29, 0.717) is 22.5 Å². The summed E-state index contributed by atoms with van der Waals surface area (Å²) in [5.74, 6) is -0.0769. The van der Waals surface area contributed by atoms with Gasteiger partial charge in [-0.3, -0.25) is 4.57 Å². The Bertz CT molecular complexity index is 1260. The molecular formula is C20H15F2N7. The van der Waals surface area contributed by atoms with E-state index in [1.54, 1.807) is 29.7 Å². The Hall–Kier alpha value is -4.06. The van der Waals surface area contributed by atoms with Crippen LogP contribution in [0.5, 0.6) is 0 Å². The summed E-state index contributed by atoms with van der Waals surface area (Å²) in [6.45, 7) is 1.80. The van der Waals surface area contributed by atoms with Crippen molar-refractivity contribution in [2.24, 2.45) is 0 Å². The third-order valence-corrected chi connectivity index (χ3v) is 4.44. The van der Waals surface area contributed by atoms with Crippen LogP contribution in [0.2, 0.25) is 0 Å². The van der Waals surface area contributed by atoms with Crippen molar-refractivity contribution in [1.82, 2.24) is 19.5 Å². The fraction of sp³-hybridized carbons (Fsp3) is 0.100. The number of nitrogens with one attached hydrogen (secondary N) is 1. The molecule has 3 N–H and O–H groups in total. The maximum absolute atomic E-state index is 13.9. The van der Waals surface area contributed by atoms with Crippen molar-refractivity contribution in [2.45, 2.75) is 13.0 Å². The number of halogens is 2. The molecule has 2 heterocycles. The van der Waals surface area contributed by atoms with Gasteiger partial charge in [0, 0.05) is 6.07 Å². The van der Waals surface area contributed by atoms with Gasteiger partial charge in [0.2, 0.25) is 0 Å². The second kappa shape index (κ2) is 7.16. The van der Waals surface area contributed by atoms with Gasteiger partial charge in [-0.1, -0.05) is 6.07 Å². The van der Waals surface area contributed by atoms with E-state index in [4.69, 9.17) is 5.73 Å². The molecule has 2 aromatic carbocycles. The molecule has 144 valence electrons. The third-order valence-electron chi connectivity index (χ3n) is 4.44. The second-order valence-corrected chi connectivity index (χ2v) is 6.38. The van der Waals surface area contributed by atoms with Gasteiger partial charge in [0.1, 0.15) is 47.1 Å². The van der Waals surface area contributed by atoms with Crippen molar-refractivity contribution in [3.63, 3.8) is 0 Å². The minimum atomic E-state index is -0.477. The topological polar surface area (TPSA) is 105 Å². The molecule has 4 aromatic rings. The first-order chi connectivity index (χ1) is 14.0. The smallest absolute Gasteiger partial charge is 0.150 e. The maximum Gasteiger partial charge on any atom is 0.150 e. The van der Waals surface area contributed by atoms with E-state index in [1.165, 1.54) is 30.6 Å². The number of imidazole rings is 1. The summed E-state index contributed by atoms with van der Waals surface area (Å²) in [6, 6.07) is 11.6. The standard InChI is InChI=1S/C20H15F2N7/c1-11(27-19-15(9-23)18(24)25-10-26-19)20-28-16-6-5-13(22)8-17(16)29(20)14-4-2-3-12(21)7-14/h2-8,10-11H,1H3,(H3,24,25,26,27)/t11-/m0/s1. The highest BCUT2D eigenvalue weighted by atomic mass is 19.1. The molecule has 4 rings (SSSR count).